The van der Waals surface area contributed by atoms with Crippen molar-refractivity contribution in [3.05, 3.63) is 34.8 Å². The van der Waals surface area contributed by atoms with E-state index in [0.29, 0.717) is 56.4 Å². The molecule has 1 spiro atoms. The molecule has 15 nitrogen and oxygen atoms in total. The molecule has 0 radical (unpaired) electrons. The molecule has 2 atom stereocenters. The minimum Gasteiger partial charge on any atom is -0.465 e. The van der Waals surface area contributed by atoms with Crippen LogP contribution in [0.15, 0.2) is 6.20 Å². The Morgan fingerprint density at radius 2 is 1.77 bits per heavy atom. The van der Waals surface area contributed by atoms with Gasteiger partial charge in [0.2, 0.25) is 0 Å². The van der Waals surface area contributed by atoms with Crippen molar-refractivity contribution >= 4 is 40.8 Å². The highest BCUT2D eigenvalue weighted by Gasteiger charge is 2.48. The standard InChI is InChI=1S/C36H46F2N8O7/c1-34(2,3)51-16-22(44(7)32(48)52-35(4,5)6)29-42-27-25(37)20-12-19(13-21(20)26(38)28(27)43-29)15-45-10-8-36(9-11-45)18-46(33(49)53-36)23-14-39-31-30(40-23)41-24(47)17-50-31/h14,19,22H,8-13,15-18H2,1-7H3,(H,42,43)(H,40,41,47). The number of carbonyl (C=O) groups excluding carboxylic acids is 3. The number of rotatable bonds is 7. The number of hydrogen-bond donors (Lipinski definition) is 2. The number of aromatic amines is 1. The van der Waals surface area contributed by atoms with E-state index in [1.807, 2.05) is 20.8 Å². The monoisotopic (exact) mass is 740 g/mol. The summed E-state index contributed by atoms with van der Waals surface area (Å²) < 4.78 is 55.1. The number of likely N-dealkylation sites (tertiary alicyclic amines) is 1. The number of likely N-dealkylation sites (N-methyl/N-ethyl adjacent to an activating group) is 1. The van der Waals surface area contributed by atoms with E-state index in [0.717, 1.165) is 0 Å². The lowest BCUT2D eigenvalue weighted by Gasteiger charge is -2.38. The first-order valence-electron chi connectivity index (χ1n) is 17.9. The minimum atomic E-state index is -0.797. The zero-order valence-electron chi connectivity index (χ0n) is 31.1. The van der Waals surface area contributed by atoms with Gasteiger partial charge in [0, 0.05) is 39.5 Å². The topological polar surface area (TPSA) is 164 Å². The molecule has 2 unspecified atom stereocenters. The van der Waals surface area contributed by atoms with Crippen LogP contribution in [0.5, 0.6) is 5.88 Å². The fraction of sp³-hybridized carbons (Fsp3) is 0.611. The normalized spacial score (nSPS) is 19.5. The number of carbonyl (C=O) groups is 3. The molecule has 5 heterocycles. The number of benzene rings is 1. The highest BCUT2D eigenvalue weighted by Crippen LogP contribution is 2.40. The van der Waals surface area contributed by atoms with Crippen molar-refractivity contribution < 1.29 is 42.1 Å². The van der Waals surface area contributed by atoms with Crippen molar-refractivity contribution in [2.24, 2.45) is 5.92 Å². The Morgan fingerprint density at radius 1 is 1.08 bits per heavy atom. The van der Waals surface area contributed by atoms with Crippen LogP contribution in [0.3, 0.4) is 0 Å². The zero-order valence-corrected chi connectivity index (χ0v) is 31.1. The SMILES string of the molecule is CN(C(=O)OC(C)(C)C)C(COC(C)(C)C)c1nc2c(F)c3c(c(F)c2[nH]1)CC(CN1CCC2(CC1)CN(c1cnc4c(n1)NC(=O)CO4)C(=O)O2)C3. The van der Waals surface area contributed by atoms with Crippen molar-refractivity contribution in [3.63, 3.8) is 0 Å². The molecule has 3 amide bonds. The number of piperidine rings is 1. The van der Waals surface area contributed by atoms with Crippen LogP contribution < -0.4 is 15.0 Å². The third-order valence-corrected chi connectivity index (χ3v) is 10.0. The van der Waals surface area contributed by atoms with Crippen LogP contribution >= 0.6 is 0 Å². The molecule has 4 aliphatic rings. The van der Waals surface area contributed by atoms with Crippen molar-refractivity contribution in [3.8, 4) is 5.88 Å². The second kappa shape index (κ2) is 13.3. The van der Waals surface area contributed by atoms with E-state index < -0.39 is 46.7 Å². The van der Waals surface area contributed by atoms with Crippen molar-refractivity contribution in [2.75, 3.05) is 56.7 Å². The number of halogens is 2. The van der Waals surface area contributed by atoms with Crippen molar-refractivity contribution in [1.82, 2.24) is 29.7 Å². The number of hydrogen-bond acceptors (Lipinski definition) is 11. The molecular formula is C36H46F2N8O7. The van der Waals surface area contributed by atoms with Crippen LogP contribution in [0.25, 0.3) is 11.0 Å². The lowest BCUT2D eigenvalue weighted by molar-refractivity contribution is -0.118. The molecule has 0 bridgehead atoms. The van der Waals surface area contributed by atoms with Gasteiger partial charge in [0.25, 0.3) is 11.8 Å². The molecule has 2 aromatic heterocycles. The molecule has 53 heavy (non-hydrogen) atoms. The Labute approximate surface area is 305 Å². The summed E-state index contributed by atoms with van der Waals surface area (Å²) >= 11 is 0. The Bertz CT molecular complexity index is 1900. The van der Waals surface area contributed by atoms with Gasteiger partial charge in [0.05, 0.1) is 24.9 Å². The molecule has 1 aliphatic carbocycles. The predicted octanol–water partition coefficient (Wildman–Crippen LogP) is 4.89. The van der Waals surface area contributed by atoms with E-state index in [2.05, 4.69) is 30.2 Å². The number of H-pyrrole nitrogens is 1. The first-order valence-corrected chi connectivity index (χ1v) is 17.9. The summed E-state index contributed by atoms with van der Waals surface area (Å²) in [4.78, 5) is 58.8. The number of imidazole rings is 1. The van der Waals surface area contributed by atoms with Crippen LogP contribution in [0.2, 0.25) is 0 Å². The largest absolute Gasteiger partial charge is 0.465 e. The molecule has 17 heteroatoms. The molecule has 3 aromatic rings. The first kappa shape index (κ1) is 36.7. The van der Waals surface area contributed by atoms with Crippen LogP contribution in [0.1, 0.15) is 77.4 Å². The molecule has 2 N–H and O–H groups in total. The number of ether oxygens (including phenoxy) is 4. The second-order valence-corrected chi connectivity index (χ2v) is 16.4. The summed E-state index contributed by atoms with van der Waals surface area (Å²) in [6.07, 6.45) is 2.12. The Kier molecular flexibility index (Phi) is 9.24. The van der Waals surface area contributed by atoms with E-state index >= 15 is 8.78 Å². The van der Waals surface area contributed by atoms with E-state index in [1.54, 1.807) is 27.8 Å². The summed E-state index contributed by atoms with van der Waals surface area (Å²) in [7, 11) is 1.55. The van der Waals surface area contributed by atoms with Crippen molar-refractivity contribution in [1.29, 1.82) is 0 Å². The van der Waals surface area contributed by atoms with Crippen LogP contribution in [0, 0.1) is 17.6 Å². The predicted molar refractivity (Wildman–Crippen MR) is 188 cm³/mol. The van der Waals surface area contributed by atoms with Gasteiger partial charge in [-0.1, -0.05) is 0 Å². The molecule has 1 aromatic carbocycles. The maximum atomic E-state index is 16.2. The highest BCUT2D eigenvalue weighted by atomic mass is 19.1. The van der Waals surface area contributed by atoms with E-state index in [1.165, 1.54) is 16.0 Å². The molecule has 3 aliphatic heterocycles. The van der Waals surface area contributed by atoms with Crippen LogP contribution in [-0.2, 0) is 31.8 Å². The Morgan fingerprint density at radius 3 is 2.45 bits per heavy atom. The highest BCUT2D eigenvalue weighted by molar-refractivity contribution is 5.95. The third kappa shape index (κ3) is 7.45. The average molecular weight is 741 g/mol. The summed E-state index contributed by atoms with van der Waals surface area (Å²) in [5, 5.41) is 2.60. The van der Waals surface area contributed by atoms with Crippen LogP contribution in [0.4, 0.5) is 30.0 Å². The average Bonchev–Trinajstić information content (AvgIpc) is 3.79. The van der Waals surface area contributed by atoms with Crippen LogP contribution in [-0.4, -0.2) is 111 Å². The smallest absolute Gasteiger partial charge is 0.416 e. The molecule has 2 saturated heterocycles. The maximum Gasteiger partial charge on any atom is 0.416 e. The van der Waals surface area contributed by atoms with E-state index in [9.17, 15) is 14.4 Å². The molecule has 2 fully saturated rings. The second-order valence-electron chi connectivity index (χ2n) is 16.4. The Balaban J connectivity index is 1.01. The summed E-state index contributed by atoms with van der Waals surface area (Å²) in [6, 6.07) is -0.797. The first-order chi connectivity index (χ1) is 24.9. The minimum absolute atomic E-state index is 0.0221. The lowest BCUT2D eigenvalue weighted by Crippen LogP contribution is -2.48. The van der Waals surface area contributed by atoms with Gasteiger partial charge < -0.3 is 34.1 Å². The molecule has 0 saturated carbocycles. The van der Waals surface area contributed by atoms with Gasteiger partial charge in [-0.25, -0.2) is 33.3 Å². The molecular weight excluding hydrogens is 694 g/mol. The zero-order chi connectivity index (χ0) is 38.0. The third-order valence-electron chi connectivity index (χ3n) is 10.0. The summed E-state index contributed by atoms with van der Waals surface area (Å²) in [6.45, 7) is 13.0. The van der Waals surface area contributed by atoms with Gasteiger partial charge in [0.15, 0.2) is 29.9 Å². The lowest BCUT2D eigenvalue weighted by atomic mass is 9.90. The summed E-state index contributed by atoms with van der Waals surface area (Å²) in [5.74, 6) is -0.685. The van der Waals surface area contributed by atoms with Gasteiger partial charge in [0.1, 0.15) is 34.1 Å². The number of amides is 3. The maximum absolute atomic E-state index is 16.2. The van der Waals surface area contributed by atoms with Gasteiger partial charge in [-0.05, 0) is 71.4 Å². The van der Waals surface area contributed by atoms with Gasteiger partial charge in [-0.15, -0.1) is 0 Å². The number of nitrogens with one attached hydrogen (secondary N) is 2. The fourth-order valence-corrected chi connectivity index (χ4v) is 7.35. The molecule has 7 rings (SSSR count). The fourth-order valence-electron chi connectivity index (χ4n) is 7.35. The number of anilines is 2. The number of aromatic nitrogens is 4. The van der Waals surface area contributed by atoms with Gasteiger partial charge in [-0.3, -0.25) is 14.6 Å². The quantitative estimate of drug-likeness (QED) is 0.339. The van der Waals surface area contributed by atoms with E-state index in [4.69, 9.17) is 18.9 Å². The van der Waals surface area contributed by atoms with Gasteiger partial charge in [-0.2, -0.15) is 0 Å². The number of fused-ring (bicyclic) bond motifs is 3. The molecule has 286 valence electrons. The van der Waals surface area contributed by atoms with E-state index in [-0.39, 0.29) is 66.0 Å². The summed E-state index contributed by atoms with van der Waals surface area (Å²) in [5.41, 5.74) is -1.50. The number of nitrogens with zero attached hydrogens (tertiary/aromatic N) is 6. The Hall–Kier alpha value is -4.64. The van der Waals surface area contributed by atoms with Gasteiger partial charge >= 0.3 is 12.2 Å². The van der Waals surface area contributed by atoms with Crippen molar-refractivity contribution in [2.45, 2.75) is 90.1 Å².